The molecule has 1 aromatic rings. The summed E-state index contributed by atoms with van der Waals surface area (Å²) in [7, 11) is -0.875. The summed E-state index contributed by atoms with van der Waals surface area (Å²) >= 11 is 0. The molecule has 6 heteroatoms. The Hall–Kier alpha value is -1.40. The molecule has 1 aliphatic rings. The maximum absolute atomic E-state index is 12.2. The highest BCUT2D eigenvalue weighted by molar-refractivity contribution is 7.84. The normalized spacial score (nSPS) is 17.8. The van der Waals surface area contributed by atoms with Crippen LogP contribution in [0.5, 0.6) is 0 Å². The first-order valence-corrected chi connectivity index (χ1v) is 11.4. The Bertz CT molecular complexity index is 556. The van der Waals surface area contributed by atoms with Crippen LogP contribution in [0.2, 0.25) is 0 Å². The van der Waals surface area contributed by atoms with Gasteiger partial charge >= 0.3 is 0 Å². The third-order valence-electron chi connectivity index (χ3n) is 4.57. The summed E-state index contributed by atoms with van der Waals surface area (Å²) in [5.74, 6) is 2.06. The van der Waals surface area contributed by atoms with Gasteiger partial charge in [-0.15, -0.1) is 0 Å². The number of nitrogens with one attached hydrogen (secondary N) is 2. The summed E-state index contributed by atoms with van der Waals surface area (Å²) in [6.07, 6.45) is 3.54. The molecule has 5 nitrogen and oxygen atoms in total. The van der Waals surface area contributed by atoms with Crippen molar-refractivity contribution in [2.45, 2.75) is 44.9 Å². The molecule has 26 heavy (non-hydrogen) atoms. The lowest BCUT2D eigenvalue weighted by Crippen LogP contribution is -2.48. The quantitative estimate of drug-likeness (QED) is 0.512. The minimum atomic E-state index is -0.875. The van der Waals surface area contributed by atoms with E-state index in [0.717, 1.165) is 44.0 Å². The van der Waals surface area contributed by atoms with Crippen LogP contribution >= 0.6 is 0 Å². The number of hydrogen-bond donors (Lipinski definition) is 2. The summed E-state index contributed by atoms with van der Waals surface area (Å²) < 4.78 is 12.2. The largest absolute Gasteiger partial charge is 0.357 e. The lowest BCUT2D eigenvalue weighted by atomic mass is 10.1. The van der Waals surface area contributed by atoms with Crippen molar-refractivity contribution in [2.24, 2.45) is 4.99 Å². The van der Waals surface area contributed by atoms with Gasteiger partial charge in [0.05, 0.1) is 6.54 Å². The smallest absolute Gasteiger partial charge is 0.191 e. The number of nitrogens with zero attached hydrogens (tertiary/aromatic N) is 2. The van der Waals surface area contributed by atoms with Crippen LogP contribution in [0.3, 0.4) is 0 Å². The molecule has 0 spiro atoms. The van der Waals surface area contributed by atoms with Gasteiger partial charge in [-0.3, -0.25) is 9.20 Å². The summed E-state index contributed by atoms with van der Waals surface area (Å²) in [6.45, 7) is 9.26. The molecule has 0 amide bonds. The SMILES string of the molecule is CCCN1CCC(NC(=NCCS(=O)Cc2ccccc2)NCC)CC1. The Balaban J connectivity index is 1.74. The predicted octanol–water partition coefficient (Wildman–Crippen LogP) is 2.36. The molecular formula is C20H34N4OS. The van der Waals surface area contributed by atoms with E-state index in [-0.39, 0.29) is 0 Å². The molecule has 146 valence electrons. The third-order valence-corrected chi connectivity index (χ3v) is 5.87. The van der Waals surface area contributed by atoms with Crippen molar-refractivity contribution < 1.29 is 4.21 Å². The molecule has 1 fully saturated rings. The molecule has 0 aromatic heterocycles. The molecule has 1 aliphatic heterocycles. The molecule has 1 atom stereocenters. The van der Waals surface area contributed by atoms with E-state index in [1.165, 1.54) is 13.0 Å². The van der Waals surface area contributed by atoms with E-state index < -0.39 is 10.8 Å². The maximum Gasteiger partial charge on any atom is 0.191 e. The topological polar surface area (TPSA) is 56.7 Å². The Morgan fingerprint density at radius 2 is 1.96 bits per heavy atom. The molecule has 0 radical (unpaired) electrons. The monoisotopic (exact) mass is 378 g/mol. The summed E-state index contributed by atoms with van der Waals surface area (Å²) in [5.41, 5.74) is 1.12. The van der Waals surface area contributed by atoms with Crippen molar-refractivity contribution in [1.29, 1.82) is 0 Å². The Labute approximate surface area is 161 Å². The zero-order valence-electron chi connectivity index (χ0n) is 16.2. The second-order valence-electron chi connectivity index (χ2n) is 6.79. The van der Waals surface area contributed by atoms with Crippen molar-refractivity contribution >= 4 is 16.8 Å². The van der Waals surface area contributed by atoms with E-state index >= 15 is 0 Å². The van der Waals surface area contributed by atoms with Gasteiger partial charge in [-0.05, 0) is 38.3 Å². The van der Waals surface area contributed by atoms with Gasteiger partial charge in [-0.2, -0.15) is 0 Å². The van der Waals surface area contributed by atoms with Gasteiger partial charge in [0.25, 0.3) is 0 Å². The van der Waals surface area contributed by atoms with Gasteiger partial charge in [0.2, 0.25) is 0 Å². The Morgan fingerprint density at radius 3 is 2.62 bits per heavy atom. The number of hydrogen-bond acceptors (Lipinski definition) is 3. The Morgan fingerprint density at radius 1 is 1.23 bits per heavy atom. The molecule has 0 saturated carbocycles. The van der Waals surface area contributed by atoms with Gasteiger partial charge in [-0.25, -0.2) is 0 Å². The van der Waals surface area contributed by atoms with Crippen molar-refractivity contribution in [3.63, 3.8) is 0 Å². The van der Waals surface area contributed by atoms with Crippen LogP contribution in [0.1, 0.15) is 38.7 Å². The van der Waals surface area contributed by atoms with Gasteiger partial charge in [0, 0.05) is 48.0 Å². The van der Waals surface area contributed by atoms with Crippen LogP contribution in [0.15, 0.2) is 35.3 Å². The highest BCUT2D eigenvalue weighted by Gasteiger charge is 2.19. The maximum atomic E-state index is 12.2. The second-order valence-corrected chi connectivity index (χ2v) is 8.37. The molecule has 1 aromatic carbocycles. The van der Waals surface area contributed by atoms with Gasteiger partial charge in [0.1, 0.15) is 0 Å². The zero-order chi connectivity index (χ0) is 18.6. The number of aliphatic imine (C=N–C) groups is 1. The molecule has 0 aliphatic carbocycles. The fraction of sp³-hybridized carbons (Fsp3) is 0.650. The molecule has 1 heterocycles. The van der Waals surface area contributed by atoms with Gasteiger partial charge < -0.3 is 15.5 Å². The lowest BCUT2D eigenvalue weighted by molar-refractivity contribution is 0.206. The van der Waals surface area contributed by atoms with Crippen molar-refractivity contribution in [3.8, 4) is 0 Å². The minimum absolute atomic E-state index is 0.482. The van der Waals surface area contributed by atoms with Crippen LogP contribution in [0, 0.1) is 0 Å². The number of rotatable bonds is 9. The van der Waals surface area contributed by atoms with E-state index in [2.05, 4.69) is 34.4 Å². The first-order chi connectivity index (χ1) is 12.7. The average Bonchev–Trinajstić information content (AvgIpc) is 2.64. The van der Waals surface area contributed by atoms with E-state index in [1.807, 2.05) is 30.3 Å². The van der Waals surface area contributed by atoms with Crippen molar-refractivity contribution in [1.82, 2.24) is 15.5 Å². The average molecular weight is 379 g/mol. The third kappa shape index (κ3) is 7.87. The fourth-order valence-corrected chi connectivity index (χ4v) is 4.23. The molecule has 2 rings (SSSR count). The van der Waals surface area contributed by atoms with E-state index in [1.54, 1.807) is 0 Å². The number of benzene rings is 1. The zero-order valence-corrected chi connectivity index (χ0v) is 17.1. The molecule has 1 saturated heterocycles. The number of piperidine rings is 1. The van der Waals surface area contributed by atoms with Crippen LogP contribution in [0.25, 0.3) is 0 Å². The summed E-state index contributed by atoms with van der Waals surface area (Å²) in [4.78, 5) is 7.17. The van der Waals surface area contributed by atoms with Crippen LogP contribution in [-0.4, -0.2) is 59.6 Å². The van der Waals surface area contributed by atoms with Gasteiger partial charge in [-0.1, -0.05) is 37.3 Å². The molecular weight excluding hydrogens is 344 g/mol. The summed E-state index contributed by atoms with van der Waals surface area (Å²) in [6, 6.07) is 10.5. The Kier molecular flexibility index (Phi) is 9.71. The van der Waals surface area contributed by atoms with Crippen LogP contribution < -0.4 is 10.6 Å². The molecule has 1 unspecified atom stereocenters. The highest BCUT2D eigenvalue weighted by atomic mass is 32.2. The van der Waals surface area contributed by atoms with Crippen LogP contribution in [-0.2, 0) is 16.6 Å². The first-order valence-electron chi connectivity index (χ1n) is 9.87. The molecule has 0 bridgehead atoms. The van der Waals surface area contributed by atoms with Crippen molar-refractivity contribution in [2.75, 3.05) is 38.5 Å². The van der Waals surface area contributed by atoms with E-state index in [9.17, 15) is 4.21 Å². The fourth-order valence-electron chi connectivity index (χ4n) is 3.22. The summed E-state index contributed by atoms with van der Waals surface area (Å²) in [5, 5.41) is 6.87. The van der Waals surface area contributed by atoms with Gasteiger partial charge in [0.15, 0.2) is 5.96 Å². The molecule has 2 N–H and O–H groups in total. The number of guanidine groups is 1. The van der Waals surface area contributed by atoms with Crippen molar-refractivity contribution in [3.05, 3.63) is 35.9 Å². The lowest BCUT2D eigenvalue weighted by Gasteiger charge is -2.32. The van der Waals surface area contributed by atoms with E-state index in [4.69, 9.17) is 0 Å². The predicted molar refractivity (Wildman–Crippen MR) is 112 cm³/mol. The second kappa shape index (κ2) is 12.1. The number of likely N-dealkylation sites (tertiary alicyclic amines) is 1. The van der Waals surface area contributed by atoms with E-state index in [0.29, 0.717) is 24.1 Å². The first kappa shape index (κ1) is 20.9. The highest BCUT2D eigenvalue weighted by Crippen LogP contribution is 2.10. The standard InChI is InChI=1S/C20H34N4OS/c1-3-13-24-14-10-19(11-15-24)23-20(21-4-2)22-12-16-26(25)17-18-8-6-5-7-9-18/h5-9,19H,3-4,10-17H2,1-2H3,(H2,21,22,23). The minimum Gasteiger partial charge on any atom is -0.357 e. The van der Waals surface area contributed by atoms with Crippen LogP contribution in [0.4, 0.5) is 0 Å².